The first-order valence-corrected chi connectivity index (χ1v) is 4.35. The van der Waals surface area contributed by atoms with Crippen LogP contribution in [0.2, 0.25) is 0 Å². The molecule has 1 aromatic carbocycles. The molecule has 0 spiro atoms. The van der Waals surface area contributed by atoms with E-state index in [0.29, 0.717) is 6.07 Å². The lowest BCUT2D eigenvalue weighted by atomic mass is 10.1. The summed E-state index contributed by atoms with van der Waals surface area (Å²) in [6.07, 6.45) is -2.69. The number of hydrogen-bond donors (Lipinski definition) is 0. The number of halogens is 4. The van der Waals surface area contributed by atoms with Gasteiger partial charge in [-0.25, -0.2) is 17.6 Å². The summed E-state index contributed by atoms with van der Waals surface area (Å²) in [4.78, 5) is 11.2. The van der Waals surface area contributed by atoms with E-state index in [0.717, 1.165) is 12.1 Å². The van der Waals surface area contributed by atoms with Gasteiger partial charge in [-0.15, -0.1) is 0 Å². The predicted molar refractivity (Wildman–Crippen MR) is 47.5 cm³/mol. The lowest BCUT2D eigenvalue weighted by molar-refractivity contribution is 0.0195. The van der Waals surface area contributed by atoms with Gasteiger partial charge >= 0.3 is 0 Å². The molecule has 2 nitrogen and oxygen atoms in total. The average Bonchev–Trinajstić information content (AvgIpc) is 2.16. The highest BCUT2D eigenvalue weighted by atomic mass is 19.3. The maximum atomic E-state index is 13.0. The fourth-order valence-corrected chi connectivity index (χ4v) is 1.03. The van der Waals surface area contributed by atoms with E-state index in [-0.39, 0.29) is 5.56 Å². The number of alkyl halides is 2. The van der Waals surface area contributed by atoms with Crippen molar-refractivity contribution in [3.05, 3.63) is 35.4 Å². The van der Waals surface area contributed by atoms with E-state index in [1.807, 2.05) is 0 Å². The van der Waals surface area contributed by atoms with Gasteiger partial charge in [0, 0.05) is 6.07 Å². The molecule has 0 aliphatic rings. The zero-order valence-corrected chi connectivity index (χ0v) is 8.05. The maximum Gasteiger partial charge on any atom is 0.261 e. The van der Waals surface area contributed by atoms with E-state index >= 15 is 0 Å². The van der Waals surface area contributed by atoms with Crippen LogP contribution in [0, 0.1) is 11.6 Å². The number of hydrogen-bond acceptors (Lipinski definition) is 2. The number of ketones is 1. The van der Waals surface area contributed by atoms with Crippen molar-refractivity contribution in [3.8, 4) is 0 Å². The highest BCUT2D eigenvalue weighted by Crippen LogP contribution is 2.10. The SMILES string of the molecule is O=C(COCC(F)F)c1ccc(F)cc1F. The van der Waals surface area contributed by atoms with Gasteiger partial charge in [0.1, 0.15) is 24.8 Å². The smallest absolute Gasteiger partial charge is 0.261 e. The molecule has 0 saturated carbocycles. The Balaban J connectivity index is 2.59. The highest BCUT2D eigenvalue weighted by molar-refractivity contribution is 5.97. The lowest BCUT2D eigenvalue weighted by Crippen LogP contribution is -2.14. The Morgan fingerprint density at radius 2 is 2.00 bits per heavy atom. The Morgan fingerprint density at radius 3 is 2.56 bits per heavy atom. The molecule has 16 heavy (non-hydrogen) atoms. The summed E-state index contributed by atoms with van der Waals surface area (Å²) >= 11 is 0. The maximum absolute atomic E-state index is 13.0. The second-order valence-electron chi connectivity index (χ2n) is 2.95. The lowest BCUT2D eigenvalue weighted by Gasteiger charge is -2.04. The number of benzene rings is 1. The molecular weight excluding hydrogens is 228 g/mol. The Labute approximate surface area is 88.8 Å². The second kappa shape index (κ2) is 5.60. The monoisotopic (exact) mass is 236 g/mol. The molecule has 0 atom stereocenters. The molecule has 0 aromatic heterocycles. The molecule has 0 aliphatic heterocycles. The Bertz CT molecular complexity index is 379. The molecule has 1 rings (SSSR count). The van der Waals surface area contributed by atoms with Gasteiger partial charge < -0.3 is 4.74 Å². The largest absolute Gasteiger partial charge is 0.367 e. The standard InChI is InChI=1S/C10H8F4O2/c11-6-1-2-7(8(12)3-6)9(15)4-16-5-10(13)14/h1-3,10H,4-5H2. The summed E-state index contributed by atoms with van der Waals surface area (Å²) in [5.74, 6) is -2.66. The van der Waals surface area contributed by atoms with Gasteiger partial charge in [0.15, 0.2) is 5.78 Å². The van der Waals surface area contributed by atoms with Crippen LogP contribution in [0.1, 0.15) is 10.4 Å². The number of ether oxygens (including phenoxy) is 1. The van der Waals surface area contributed by atoms with Gasteiger partial charge in [0.05, 0.1) is 5.56 Å². The highest BCUT2D eigenvalue weighted by Gasteiger charge is 2.13. The van der Waals surface area contributed by atoms with Crippen molar-refractivity contribution < 1.29 is 27.1 Å². The first-order chi connectivity index (χ1) is 7.50. The normalized spacial score (nSPS) is 10.8. The minimum atomic E-state index is -2.69. The summed E-state index contributed by atoms with van der Waals surface area (Å²) in [7, 11) is 0. The molecule has 88 valence electrons. The van der Waals surface area contributed by atoms with Gasteiger partial charge in [-0.1, -0.05) is 0 Å². The van der Waals surface area contributed by atoms with Crippen LogP contribution in [0.3, 0.4) is 0 Å². The average molecular weight is 236 g/mol. The molecule has 0 aliphatic carbocycles. The van der Waals surface area contributed by atoms with Gasteiger partial charge in [-0.3, -0.25) is 4.79 Å². The molecule has 1 aromatic rings. The van der Waals surface area contributed by atoms with E-state index in [2.05, 4.69) is 4.74 Å². The quantitative estimate of drug-likeness (QED) is 0.579. The molecule has 0 fully saturated rings. The van der Waals surface area contributed by atoms with E-state index < -0.39 is 37.1 Å². The third kappa shape index (κ3) is 3.62. The van der Waals surface area contributed by atoms with E-state index in [1.165, 1.54) is 0 Å². The van der Waals surface area contributed by atoms with Crippen LogP contribution in [0.5, 0.6) is 0 Å². The van der Waals surface area contributed by atoms with Gasteiger partial charge in [-0.2, -0.15) is 0 Å². The first kappa shape index (κ1) is 12.6. The third-order valence-corrected chi connectivity index (χ3v) is 1.71. The molecule has 0 N–H and O–H groups in total. The van der Waals surface area contributed by atoms with Gasteiger partial charge in [0.25, 0.3) is 6.43 Å². The minimum Gasteiger partial charge on any atom is -0.367 e. The zero-order chi connectivity index (χ0) is 12.1. The molecule has 0 amide bonds. The zero-order valence-electron chi connectivity index (χ0n) is 8.05. The molecule has 0 radical (unpaired) electrons. The predicted octanol–water partition coefficient (Wildman–Crippen LogP) is 2.43. The van der Waals surface area contributed by atoms with Crippen LogP contribution in [-0.2, 0) is 4.74 Å². The molecule has 0 saturated heterocycles. The summed E-state index contributed by atoms with van der Waals surface area (Å²) in [5, 5.41) is 0. The van der Waals surface area contributed by atoms with Crippen LogP contribution in [0.15, 0.2) is 18.2 Å². The van der Waals surface area contributed by atoms with Crippen molar-refractivity contribution in [3.63, 3.8) is 0 Å². The molecule has 6 heteroatoms. The fourth-order valence-electron chi connectivity index (χ4n) is 1.03. The van der Waals surface area contributed by atoms with Crippen LogP contribution in [0.4, 0.5) is 17.6 Å². The number of rotatable bonds is 5. The summed E-state index contributed by atoms with van der Waals surface area (Å²) in [5.41, 5.74) is -0.379. The van der Waals surface area contributed by atoms with Crippen molar-refractivity contribution in [2.75, 3.05) is 13.2 Å². The third-order valence-electron chi connectivity index (χ3n) is 1.71. The minimum absolute atomic E-state index is 0.379. The first-order valence-electron chi connectivity index (χ1n) is 4.35. The number of Topliss-reactive ketones (excluding diaryl/α,β-unsaturated/α-hetero) is 1. The Hall–Kier alpha value is -1.43. The summed E-state index contributed by atoms with van der Waals surface area (Å²) in [6, 6.07) is 2.39. The van der Waals surface area contributed by atoms with E-state index in [1.54, 1.807) is 0 Å². The van der Waals surface area contributed by atoms with E-state index in [4.69, 9.17) is 0 Å². The van der Waals surface area contributed by atoms with Gasteiger partial charge in [0.2, 0.25) is 0 Å². The van der Waals surface area contributed by atoms with Crippen molar-refractivity contribution in [1.29, 1.82) is 0 Å². The van der Waals surface area contributed by atoms with Crippen LogP contribution < -0.4 is 0 Å². The molecular formula is C10H8F4O2. The Morgan fingerprint density at radius 1 is 1.31 bits per heavy atom. The number of carbonyl (C=O) groups is 1. The van der Waals surface area contributed by atoms with Crippen molar-refractivity contribution in [2.24, 2.45) is 0 Å². The van der Waals surface area contributed by atoms with Crippen molar-refractivity contribution in [1.82, 2.24) is 0 Å². The summed E-state index contributed by atoms with van der Waals surface area (Å²) < 4.78 is 53.2. The molecule has 0 heterocycles. The van der Waals surface area contributed by atoms with Crippen LogP contribution in [-0.4, -0.2) is 25.4 Å². The second-order valence-corrected chi connectivity index (χ2v) is 2.95. The topological polar surface area (TPSA) is 26.3 Å². The van der Waals surface area contributed by atoms with Crippen LogP contribution >= 0.6 is 0 Å². The van der Waals surface area contributed by atoms with Crippen molar-refractivity contribution in [2.45, 2.75) is 6.43 Å². The van der Waals surface area contributed by atoms with Crippen molar-refractivity contribution >= 4 is 5.78 Å². The van der Waals surface area contributed by atoms with Crippen LogP contribution in [0.25, 0.3) is 0 Å². The van der Waals surface area contributed by atoms with E-state index in [9.17, 15) is 22.4 Å². The fraction of sp³-hybridized carbons (Fsp3) is 0.300. The molecule has 0 bridgehead atoms. The number of carbonyl (C=O) groups excluding carboxylic acids is 1. The Kier molecular flexibility index (Phi) is 4.42. The molecule has 0 unspecified atom stereocenters. The summed E-state index contributed by atoms with van der Waals surface area (Å²) in [6.45, 7) is -1.55. The van der Waals surface area contributed by atoms with Gasteiger partial charge in [-0.05, 0) is 12.1 Å².